The molecule has 1 N–H and O–H groups in total. The second-order valence-corrected chi connectivity index (χ2v) is 10.2. The van der Waals surface area contributed by atoms with E-state index >= 15 is 0 Å². The van der Waals surface area contributed by atoms with E-state index in [-0.39, 0.29) is 30.6 Å². The molecule has 0 radical (unpaired) electrons. The van der Waals surface area contributed by atoms with Crippen LogP contribution in [0.25, 0.3) is 11.1 Å². The number of aliphatic carboxylic acids is 1. The zero-order valence-electron chi connectivity index (χ0n) is 18.8. The Kier molecular flexibility index (Phi) is 4.94. The molecule has 6 heteroatoms. The highest BCUT2D eigenvalue weighted by molar-refractivity contribution is 5.79. The van der Waals surface area contributed by atoms with Gasteiger partial charge in [0, 0.05) is 30.5 Å². The fourth-order valence-electron chi connectivity index (χ4n) is 6.41. The Hall–Kier alpha value is -2.86. The van der Waals surface area contributed by atoms with Crippen LogP contribution in [-0.2, 0) is 9.53 Å². The Morgan fingerprint density at radius 2 is 1.58 bits per heavy atom. The summed E-state index contributed by atoms with van der Waals surface area (Å²) >= 11 is 0. The van der Waals surface area contributed by atoms with Gasteiger partial charge in [-0.25, -0.2) is 4.79 Å². The molecule has 4 aliphatic rings. The average molecular weight is 447 g/mol. The van der Waals surface area contributed by atoms with Gasteiger partial charge in [-0.05, 0) is 61.0 Å². The number of likely N-dealkylation sites (tertiary alicyclic amines) is 2. The maximum atomic E-state index is 13.1. The highest BCUT2D eigenvalue weighted by atomic mass is 16.6. The van der Waals surface area contributed by atoms with Crippen molar-refractivity contribution in [3.05, 3.63) is 59.7 Å². The Morgan fingerprint density at radius 1 is 0.970 bits per heavy atom. The van der Waals surface area contributed by atoms with Crippen LogP contribution in [0, 0.1) is 11.3 Å². The van der Waals surface area contributed by atoms with Crippen molar-refractivity contribution in [2.75, 3.05) is 32.8 Å². The largest absolute Gasteiger partial charge is 0.481 e. The van der Waals surface area contributed by atoms with E-state index in [0.29, 0.717) is 12.6 Å². The van der Waals surface area contributed by atoms with Crippen LogP contribution in [0.15, 0.2) is 48.5 Å². The molecule has 2 aliphatic carbocycles. The van der Waals surface area contributed by atoms with Gasteiger partial charge in [0.15, 0.2) is 0 Å². The van der Waals surface area contributed by atoms with Crippen LogP contribution in [-0.4, -0.2) is 65.8 Å². The molecule has 33 heavy (non-hydrogen) atoms. The molecular formula is C27H30N2O4. The zero-order chi connectivity index (χ0) is 22.6. The predicted octanol–water partition coefficient (Wildman–Crippen LogP) is 4.20. The molecule has 1 atom stereocenters. The molecule has 2 aromatic carbocycles. The van der Waals surface area contributed by atoms with E-state index in [2.05, 4.69) is 29.2 Å². The molecule has 6 rings (SSSR count). The number of piperidine rings is 1. The first-order chi connectivity index (χ1) is 16.1. The summed E-state index contributed by atoms with van der Waals surface area (Å²) in [6.45, 7) is 2.87. The van der Waals surface area contributed by atoms with Crippen LogP contribution in [0.2, 0.25) is 0 Å². The molecule has 1 spiro atoms. The van der Waals surface area contributed by atoms with E-state index < -0.39 is 11.9 Å². The first-order valence-electron chi connectivity index (χ1n) is 12.1. The van der Waals surface area contributed by atoms with Gasteiger partial charge in [-0.2, -0.15) is 0 Å². The van der Waals surface area contributed by atoms with Gasteiger partial charge in [-0.3, -0.25) is 4.79 Å². The minimum absolute atomic E-state index is 0.00923. The Labute approximate surface area is 194 Å². The first kappa shape index (κ1) is 20.7. The highest BCUT2D eigenvalue weighted by Gasteiger charge is 2.53. The fraction of sp³-hybridized carbons (Fsp3) is 0.481. The molecule has 0 aromatic heterocycles. The molecule has 1 saturated carbocycles. The fourth-order valence-corrected chi connectivity index (χ4v) is 6.41. The number of carboxylic acids is 1. The third kappa shape index (κ3) is 3.52. The minimum atomic E-state index is -0.788. The number of carboxylic acid groups (broad SMARTS) is 1. The van der Waals surface area contributed by atoms with E-state index in [0.717, 1.165) is 25.9 Å². The van der Waals surface area contributed by atoms with E-state index in [1.165, 1.54) is 35.1 Å². The van der Waals surface area contributed by atoms with Crippen molar-refractivity contribution in [1.29, 1.82) is 0 Å². The molecule has 1 amide bonds. The van der Waals surface area contributed by atoms with Crippen LogP contribution in [0.5, 0.6) is 0 Å². The average Bonchev–Trinajstić information content (AvgIpc) is 3.54. The van der Waals surface area contributed by atoms with E-state index in [9.17, 15) is 14.7 Å². The van der Waals surface area contributed by atoms with Gasteiger partial charge >= 0.3 is 12.1 Å². The summed E-state index contributed by atoms with van der Waals surface area (Å²) in [5, 5.41) is 9.95. The smallest absolute Gasteiger partial charge is 0.409 e. The molecule has 6 nitrogen and oxygen atoms in total. The number of hydrogen-bond acceptors (Lipinski definition) is 4. The van der Waals surface area contributed by atoms with Gasteiger partial charge in [0.05, 0.1) is 5.92 Å². The number of ether oxygens (including phenoxy) is 1. The Bertz CT molecular complexity index is 1040. The van der Waals surface area contributed by atoms with Gasteiger partial charge in [0.2, 0.25) is 0 Å². The van der Waals surface area contributed by atoms with E-state index in [4.69, 9.17) is 4.74 Å². The molecule has 2 heterocycles. The molecule has 2 aliphatic heterocycles. The summed E-state index contributed by atoms with van der Waals surface area (Å²) in [7, 11) is 0. The van der Waals surface area contributed by atoms with Gasteiger partial charge < -0.3 is 19.6 Å². The first-order valence-corrected chi connectivity index (χ1v) is 12.1. The third-order valence-electron chi connectivity index (χ3n) is 8.40. The Balaban J connectivity index is 1.15. The topological polar surface area (TPSA) is 70.1 Å². The van der Waals surface area contributed by atoms with Crippen molar-refractivity contribution >= 4 is 12.1 Å². The molecule has 2 aromatic rings. The van der Waals surface area contributed by atoms with Crippen LogP contribution >= 0.6 is 0 Å². The molecule has 0 bridgehead atoms. The molecule has 2 saturated heterocycles. The third-order valence-corrected chi connectivity index (χ3v) is 8.40. The van der Waals surface area contributed by atoms with Crippen molar-refractivity contribution < 1.29 is 19.4 Å². The number of amides is 1. The number of carbonyl (C=O) groups excluding carboxylic acids is 1. The lowest BCUT2D eigenvalue weighted by Gasteiger charge is -2.41. The summed E-state index contributed by atoms with van der Waals surface area (Å²) in [6, 6.07) is 17.3. The second kappa shape index (κ2) is 7.87. The number of benzene rings is 2. The lowest BCUT2D eigenvalue weighted by Crippen LogP contribution is -2.46. The van der Waals surface area contributed by atoms with Crippen molar-refractivity contribution in [3.8, 4) is 11.1 Å². The lowest BCUT2D eigenvalue weighted by atomic mass is 9.71. The molecular weight excluding hydrogens is 416 g/mol. The quantitative estimate of drug-likeness (QED) is 0.762. The summed E-state index contributed by atoms with van der Waals surface area (Å²) in [5.41, 5.74) is 4.42. The summed E-state index contributed by atoms with van der Waals surface area (Å²) in [5.74, 6) is -1.29. The van der Waals surface area contributed by atoms with Crippen LogP contribution in [0.1, 0.15) is 42.7 Å². The van der Waals surface area contributed by atoms with Gasteiger partial charge in [0.1, 0.15) is 6.61 Å². The standard InChI is InChI=1S/C27H30N2O4/c30-25(31)24-15-29(17-27(24)11-13-28(14-12-27)18-9-10-18)26(32)33-16-23-21-7-3-1-5-19(21)20-6-2-4-8-22(20)23/h1-8,18,23-24H,9-17H2,(H,30,31). The monoisotopic (exact) mass is 446 g/mol. The number of carbonyl (C=O) groups is 2. The van der Waals surface area contributed by atoms with Gasteiger partial charge in [0.25, 0.3) is 0 Å². The predicted molar refractivity (Wildman–Crippen MR) is 124 cm³/mol. The maximum absolute atomic E-state index is 13.1. The number of rotatable bonds is 4. The summed E-state index contributed by atoms with van der Waals surface area (Å²) in [4.78, 5) is 29.4. The van der Waals surface area contributed by atoms with Crippen LogP contribution in [0.3, 0.4) is 0 Å². The minimum Gasteiger partial charge on any atom is -0.481 e. The highest BCUT2D eigenvalue weighted by Crippen LogP contribution is 2.47. The van der Waals surface area contributed by atoms with Crippen molar-refractivity contribution in [1.82, 2.24) is 9.80 Å². The van der Waals surface area contributed by atoms with E-state index in [1.807, 2.05) is 24.3 Å². The number of fused-ring (bicyclic) bond motifs is 3. The number of hydrogen-bond donors (Lipinski definition) is 1. The summed E-state index contributed by atoms with van der Waals surface area (Å²) in [6.07, 6.45) is 3.83. The van der Waals surface area contributed by atoms with Gasteiger partial charge in [-0.15, -0.1) is 0 Å². The lowest BCUT2D eigenvalue weighted by molar-refractivity contribution is -0.145. The molecule has 1 unspecified atom stereocenters. The SMILES string of the molecule is O=C(O)C1CN(C(=O)OCC2c3ccccc3-c3ccccc32)CC12CCN(C1CC1)CC2. The summed E-state index contributed by atoms with van der Waals surface area (Å²) < 4.78 is 5.84. The van der Waals surface area contributed by atoms with Crippen molar-refractivity contribution in [3.63, 3.8) is 0 Å². The molecule has 172 valence electrons. The number of nitrogens with zero attached hydrogens (tertiary/aromatic N) is 2. The second-order valence-electron chi connectivity index (χ2n) is 10.2. The molecule has 3 fully saturated rings. The maximum Gasteiger partial charge on any atom is 0.409 e. The Morgan fingerprint density at radius 3 is 2.15 bits per heavy atom. The van der Waals surface area contributed by atoms with Crippen molar-refractivity contribution in [2.45, 2.75) is 37.6 Å². The zero-order valence-corrected chi connectivity index (χ0v) is 18.8. The van der Waals surface area contributed by atoms with Crippen molar-refractivity contribution in [2.24, 2.45) is 11.3 Å². The van der Waals surface area contributed by atoms with Crippen LogP contribution in [0.4, 0.5) is 4.79 Å². The van der Waals surface area contributed by atoms with E-state index in [1.54, 1.807) is 4.90 Å². The van der Waals surface area contributed by atoms with Crippen LogP contribution < -0.4 is 0 Å². The van der Waals surface area contributed by atoms with Gasteiger partial charge in [-0.1, -0.05) is 48.5 Å². The normalized spacial score (nSPS) is 24.0.